The number of nitrogens with one attached hydrogen (secondary N) is 1. The molecule has 10 heteroatoms. The third-order valence-corrected chi connectivity index (χ3v) is 4.88. The summed E-state index contributed by atoms with van der Waals surface area (Å²) in [6, 6.07) is 3.93. The molecular formula is C21H22ClN7O2. The first-order chi connectivity index (χ1) is 14.9. The van der Waals surface area contributed by atoms with Gasteiger partial charge in [0.15, 0.2) is 0 Å². The van der Waals surface area contributed by atoms with Gasteiger partial charge in [-0.2, -0.15) is 5.10 Å². The maximum Gasteiger partial charge on any atom is 0.327 e. The molecule has 0 fully saturated rings. The van der Waals surface area contributed by atoms with Gasteiger partial charge < -0.3 is 14.6 Å². The van der Waals surface area contributed by atoms with Gasteiger partial charge in [-0.05, 0) is 38.4 Å². The third-order valence-electron chi connectivity index (χ3n) is 4.70. The second kappa shape index (κ2) is 8.73. The van der Waals surface area contributed by atoms with Gasteiger partial charge >= 0.3 is 5.97 Å². The minimum Gasteiger partial charge on any atom is -0.465 e. The van der Waals surface area contributed by atoms with Gasteiger partial charge in [0.05, 0.1) is 18.3 Å². The van der Waals surface area contributed by atoms with Crippen LogP contribution in [0.15, 0.2) is 43.1 Å². The summed E-state index contributed by atoms with van der Waals surface area (Å²) in [7, 11) is 0. The minimum absolute atomic E-state index is 0.0739. The molecule has 0 radical (unpaired) electrons. The summed E-state index contributed by atoms with van der Waals surface area (Å²) >= 11 is 5.87. The molecule has 0 aliphatic carbocycles. The number of fused-ring (bicyclic) bond motifs is 1. The largest absolute Gasteiger partial charge is 0.465 e. The fourth-order valence-corrected chi connectivity index (χ4v) is 3.48. The van der Waals surface area contributed by atoms with Crippen molar-refractivity contribution in [2.45, 2.75) is 33.4 Å². The predicted octanol–water partition coefficient (Wildman–Crippen LogP) is 4.23. The van der Waals surface area contributed by atoms with Gasteiger partial charge in [-0.3, -0.25) is 9.48 Å². The normalized spacial score (nSPS) is 11.3. The average molecular weight is 440 g/mol. The Balaban J connectivity index is 1.69. The van der Waals surface area contributed by atoms with Crippen LogP contribution >= 0.6 is 11.6 Å². The van der Waals surface area contributed by atoms with E-state index in [1.165, 1.54) is 0 Å². The van der Waals surface area contributed by atoms with Crippen molar-refractivity contribution in [3.05, 3.63) is 48.4 Å². The van der Waals surface area contributed by atoms with Crippen LogP contribution in [0.4, 0.5) is 11.6 Å². The van der Waals surface area contributed by atoms with Gasteiger partial charge in [-0.15, -0.1) is 0 Å². The molecule has 9 nitrogen and oxygen atoms in total. The Hall–Kier alpha value is -3.46. The van der Waals surface area contributed by atoms with Crippen molar-refractivity contribution in [1.29, 1.82) is 0 Å². The highest BCUT2D eigenvalue weighted by molar-refractivity contribution is 6.28. The highest BCUT2D eigenvalue weighted by Crippen LogP contribution is 2.33. The summed E-state index contributed by atoms with van der Waals surface area (Å²) in [5, 5.41) is 8.61. The van der Waals surface area contributed by atoms with E-state index in [0.29, 0.717) is 18.2 Å². The van der Waals surface area contributed by atoms with Crippen molar-refractivity contribution in [3.8, 4) is 11.1 Å². The molecule has 31 heavy (non-hydrogen) atoms. The van der Waals surface area contributed by atoms with Crippen LogP contribution in [0.2, 0.25) is 5.28 Å². The Bertz CT molecular complexity index is 1230. The zero-order valence-electron chi connectivity index (χ0n) is 17.4. The van der Waals surface area contributed by atoms with E-state index in [2.05, 4.69) is 50.0 Å². The molecule has 160 valence electrons. The summed E-state index contributed by atoms with van der Waals surface area (Å²) in [6.45, 7) is 6.43. The van der Waals surface area contributed by atoms with Crippen molar-refractivity contribution in [2.24, 2.45) is 0 Å². The van der Waals surface area contributed by atoms with Crippen LogP contribution in [-0.4, -0.2) is 41.9 Å². The molecule has 0 saturated carbocycles. The molecule has 1 N–H and O–H groups in total. The first-order valence-corrected chi connectivity index (χ1v) is 10.3. The van der Waals surface area contributed by atoms with Crippen LogP contribution in [-0.2, 0) is 16.1 Å². The quantitative estimate of drug-likeness (QED) is 0.339. The lowest BCUT2D eigenvalue weighted by molar-refractivity contribution is -0.144. The molecule has 4 heterocycles. The van der Waals surface area contributed by atoms with E-state index in [1.54, 1.807) is 30.1 Å². The van der Waals surface area contributed by atoms with E-state index in [4.69, 9.17) is 16.3 Å². The number of carbonyl (C=O) groups excluding carboxylic acids is 1. The SMILES string of the molecule is CCOC(=O)Cn1cc(-c2cn(C(C)C)c3cc(Nc4ccnc(Cl)n4)ncc23)cn1. The van der Waals surface area contributed by atoms with E-state index >= 15 is 0 Å². The third kappa shape index (κ3) is 4.51. The zero-order valence-corrected chi connectivity index (χ0v) is 18.2. The molecule has 4 rings (SSSR count). The topological polar surface area (TPSA) is 99.8 Å². The molecule has 0 bridgehead atoms. The van der Waals surface area contributed by atoms with E-state index in [-0.39, 0.29) is 23.8 Å². The molecule has 0 saturated heterocycles. The van der Waals surface area contributed by atoms with Gasteiger partial charge in [-0.25, -0.2) is 15.0 Å². The van der Waals surface area contributed by atoms with Gasteiger partial charge in [0.2, 0.25) is 5.28 Å². The number of esters is 1. The van der Waals surface area contributed by atoms with Crippen LogP contribution in [0.25, 0.3) is 22.0 Å². The molecule has 4 aromatic heterocycles. The Morgan fingerprint density at radius 3 is 2.81 bits per heavy atom. The van der Waals surface area contributed by atoms with Crippen molar-refractivity contribution in [2.75, 3.05) is 11.9 Å². The number of ether oxygens (including phenoxy) is 1. The zero-order chi connectivity index (χ0) is 22.0. The lowest BCUT2D eigenvalue weighted by Crippen LogP contribution is -2.13. The monoisotopic (exact) mass is 439 g/mol. The molecule has 0 aromatic carbocycles. The number of halogens is 1. The number of rotatable bonds is 7. The number of nitrogens with zero attached hydrogens (tertiary/aromatic N) is 6. The summed E-state index contributed by atoms with van der Waals surface area (Å²) in [4.78, 5) is 24.3. The van der Waals surface area contributed by atoms with Gasteiger partial charge in [0, 0.05) is 53.4 Å². The number of hydrogen-bond acceptors (Lipinski definition) is 7. The van der Waals surface area contributed by atoms with Crippen LogP contribution in [0.3, 0.4) is 0 Å². The predicted molar refractivity (Wildman–Crippen MR) is 118 cm³/mol. The van der Waals surface area contributed by atoms with Crippen molar-refractivity contribution in [3.63, 3.8) is 0 Å². The molecule has 0 amide bonds. The molecule has 0 atom stereocenters. The first kappa shape index (κ1) is 20.8. The van der Waals surface area contributed by atoms with Crippen LogP contribution in [0, 0.1) is 0 Å². The van der Waals surface area contributed by atoms with Gasteiger partial charge in [0.25, 0.3) is 0 Å². The van der Waals surface area contributed by atoms with Gasteiger partial charge in [-0.1, -0.05) is 0 Å². The fraction of sp³-hybridized carbons (Fsp3) is 0.286. The van der Waals surface area contributed by atoms with E-state index < -0.39 is 0 Å². The van der Waals surface area contributed by atoms with Crippen LogP contribution in [0.1, 0.15) is 26.8 Å². The van der Waals surface area contributed by atoms with Gasteiger partial charge in [0.1, 0.15) is 18.2 Å². The minimum atomic E-state index is -0.316. The molecule has 0 spiro atoms. The Morgan fingerprint density at radius 2 is 2.06 bits per heavy atom. The van der Waals surface area contributed by atoms with Crippen molar-refractivity contribution >= 4 is 40.1 Å². The number of carbonyl (C=O) groups is 1. The highest BCUT2D eigenvalue weighted by Gasteiger charge is 2.16. The lowest BCUT2D eigenvalue weighted by Gasteiger charge is -2.10. The maximum absolute atomic E-state index is 11.8. The average Bonchev–Trinajstić information content (AvgIpc) is 3.32. The Kier molecular flexibility index (Phi) is 5.85. The number of hydrogen-bond donors (Lipinski definition) is 1. The second-order valence-corrected chi connectivity index (χ2v) is 7.54. The van der Waals surface area contributed by atoms with Crippen molar-refractivity contribution in [1.82, 2.24) is 29.3 Å². The van der Waals surface area contributed by atoms with Crippen LogP contribution in [0.5, 0.6) is 0 Å². The second-order valence-electron chi connectivity index (χ2n) is 7.20. The summed E-state index contributed by atoms with van der Waals surface area (Å²) in [6.07, 6.45) is 9.06. The standard InChI is InChI=1S/C21H22ClN7O2/c1-4-31-20(30)12-28-10-14(8-25-28)16-11-29(13(2)3)17-7-19(24-9-15(16)17)26-18-5-6-23-21(22)27-18/h5-11,13H,4,12H2,1-3H3,(H,23,24,26,27). The summed E-state index contributed by atoms with van der Waals surface area (Å²) in [5.74, 6) is 0.894. The molecule has 0 unspecified atom stereocenters. The summed E-state index contributed by atoms with van der Waals surface area (Å²) < 4.78 is 8.75. The number of pyridine rings is 1. The van der Waals surface area contributed by atoms with Crippen LogP contribution < -0.4 is 5.32 Å². The smallest absolute Gasteiger partial charge is 0.327 e. The fourth-order valence-electron chi connectivity index (χ4n) is 3.33. The number of aromatic nitrogens is 6. The first-order valence-electron chi connectivity index (χ1n) is 9.89. The molecule has 0 aliphatic heterocycles. The van der Waals surface area contributed by atoms with E-state index in [1.807, 2.05) is 18.5 Å². The maximum atomic E-state index is 11.8. The van der Waals surface area contributed by atoms with E-state index in [9.17, 15) is 4.79 Å². The van der Waals surface area contributed by atoms with E-state index in [0.717, 1.165) is 22.0 Å². The van der Waals surface area contributed by atoms with Crippen molar-refractivity contribution < 1.29 is 9.53 Å². The molecule has 4 aromatic rings. The number of anilines is 2. The molecular weight excluding hydrogens is 418 g/mol. The highest BCUT2D eigenvalue weighted by atomic mass is 35.5. The Labute approximate surface area is 184 Å². The Morgan fingerprint density at radius 1 is 1.23 bits per heavy atom. The molecule has 0 aliphatic rings. The summed E-state index contributed by atoms with van der Waals surface area (Å²) in [5.41, 5.74) is 2.91. The lowest BCUT2D eigenvalue weighted by atomic mass is 10.1.